The number of halogens is 1. The average Bonchev–Trinajstić information content (AvgIpc) is 2.44. The summed E-state index contributed by atoms with van der Waals surface area (Å²) in [5.74, 6) is 0.247. The summed E-state index contributed by atoms with van der Waals surface area (Å²) in [5, 5.41) is 8.85. The standard InChI is InChI=1S/C17H17FN2O/c1-11-3-4-16(12(2)20)17(5-11)21-10-14-6-13(9-19)7-15(18)8-14/h3-8,12H,10,20H2,1-2H3/t12-/m0/s1. The highest BCUT2D eigenvalue weighted by Crippen LogP contribution is 2.26. The van der Waals surface area contributed by atoms with Crippen molar-refractivity contribution >= 4 is 0 Å². The van der Waals surface area contributed by atoms with E-state index in [0.717, 1.165) is 11.1 Å². The average molecular weight is 284 g/mol. The summed E-state index contributed by atoms with van der Waals surface area (Å²) in [7, 11) is 0. The van der Waals surface area contributed by atoms with Crippen molar-refractivity contribution in [3.05, 3.63) is 64.5 Å². The lowest BCUT2D eigenvalue weighted by molar-refractivity contribution is 0.300. The fourth-order valence-electron chi connectivity index (χ4n) is 2.10. The largest absolute Gasteiger partial charge is 0.489 e. The first kappa shape index (κ1) is 15.0. The summed E-state index contributed by atoms with van der Waals surface area (Å²) in [6.07, 6.45) is 0. The van der Waals surface area contributed by atoms with Gasteiger partial charge in [0.25, 0.3) is 0 Å². The summed E-state index contributed by atoms with van der Waals surface area (Å²) < 4.78 is 19.1. The number of ether oxygens (including phenoxy) is 1. The van der Waals surface area contributed by atoms with Crippen molar-refractivity contribution in [2.24, 2.45) is 5.73 Å². The Kier molecular flexibility index (Phi) is 4.56. The zero-order chi connectivity index (χ0) is 15.4. The molecule has 0 amide bonds. The first-order valence-electron chi connectivity index (χ1n) is 6.68. The van der Waals surface area contributed by atoms with Crippen LogP contribution in [-0.2, 0) is 6.61 Å². The van der Waals surface area contributed by atoms with E-state index in [-0.39, 0.29) is 18.2 Å². The van der Waals surface area contributed by atoms with Gasteiger partial charge in [0.05, 0.1) is 11.6 Å². The molecule has 0 saturated carbocycles. The van der Waals surface area contributed by atoms with E-state index in [4.69, 9.17) is 15.7 Å². The van der Waals surface area contributed by atoms with Crippen LogP contribution in [0, 0.1) is 24.1 Å². The predicted octanol–water partition coefficient (Wildman–Crippen LogP) is 3.60. The van der Waals surface area contributed by atoms with Crippen LogP contribution < -0.4 is 10.5 Å². The van der Waals surface area contributed by atoms with Gasteiger partial charge in [0.2, 0.25) is 0 Å². The first-order chi connectivity index (χ1) is 9.99. The second kappa shape index (κ2) is 6.38. The van der Waals surface area contributed by atoms with E-state index in [1.165, 1.54) is 12.1 Å². The number of rotatable bonds is 4. The maximum Gasteiger partial charge on any atom is 0.124 e. The highest BCUT2D eigenvalue weighted by Gasteiger charge is 2.09. The van der Waals surface area contributed by atoms with Crippen molar-refractivity contribution in [3.63, 3.8) is 0 Å². The zero-order valence-corrected chi connectivity index (χ0v) is 12.1. The molecular formula is C17H17FN2O. The molecule has 0 fully saturated rings. The molecule has 108 valence electrons. The van der Waals surface area contributed by atoms with Crippen LogP contribution in [0.3, 0.4) is 0 Å². The Labute approximate surface area is 123 Å². The molecule has 21 heavy (non-hydrogen) atoms. The van der Waals surface area contributed by atoms with E-state index in [0.29, 0.717) is 11.3 Å². The van der Waals surface area contributed by atoms with Gasteiger partial charge in [-0.2, -0.15) is 5.26 Å². The molecule has 0 aliphatic carbocycles. The van der Waals surface area contributed by atoms with Crippen molar-refractivity contribution in [3.8, 4) is 11.8 Å². The SMILES string of the molecule is Cc1ccc([C@H](C)N)c(OCc2cc(F)cc(C#N)c2)c1. The van der Waals surface area contributed by atoms with Gasteiger partial charge in [0.15, 0.2) is 0 Å². The normalized spacial score (nSPS) is 11.8. The number of nitrogens with zero attached hydrogens (tertiary/aromatic N) is 1. The van der Waals surface area contributed by atoms with Crippen LogP contribution in [0.2, 0.25) is 0 Å². The minimum Gasteiger partial charge on any atom is -0.489 e. The molecule has 0 heterocycles. The van der Waals surface area contributed by atoms with Gasteiger partial charge < -0.3 is 10.5 Å². The number of hydrogen-bond donors (Lipinski definition) is 1. The minimum absolute atomic E-state index is 0.150. The Morgan fingerprint density at radius 3 is 2.71 bits per heavy atom. The van der Waals surface area contributed by atoms with Crippen LogP contribution in [0.15, 0.2) is 36.4 Å². The highest BCUT2D eigenvalue weighted by molar-refractivity contribution is 5.39. The number of benzene rings is 2. The molecule has 0 aliphatic rings. The lowest BCUT2D eigenvalue weighted by Crippen LogP contribution is -2.08. The van der Waals surface area contributed by atoms with Crippen molar-refractivity contribution in [2.75, 3.05) is 0 Å². The Morgan fingerprint density at radius 1 is 1.29 bits per heavy atom. The molecule has 2 aromatic carbocycles. The predicted molar refractivity (Wildman–Crippen MR) is 79.2 cm³/mol. The Morgan fingerprint density at radius 2 is 2.05 bits per heavy atom. The van der Waals surface area contributed by atoms with Gasteiger partial charge in [-0.05, 0) is 49.2 Å². The molecule has 0 aliphatic heterocycles. The van der Waals surface area contributed by atoms with Crippen molar-refractivity contribution in [1.29, 1.82) is 5.26 Å². The summed E-state index contributed by atoms with van der Waals surface area (Å²) in [6, 6.07) is 11.8. The van der Waals surface area contributed by atoms with Gasteiger partial charge >= 0.3 is 0 Å². The monoisotopic (exact) mass is 284 g/mol. The molecule has 4 heteroatoms. The van der Waals surface area contributed by atoms with E-state index < -0.39 is 5.82 Å². The van der Waals surface area contributed by atoms with E-state index in [1.807, 2.05) is 38.1 Å². The topological polar surface area (TPSA) is 59.0 Å². The second-order valence-electron chi connectivity index (χ2n) is 5.08. The third kappa shape index (κ3) is 3.80. The molecule has 0 unspecified atom stereocenters. The van der Waals surface area contributed by atoms with E-state index in [2.05, 4.69) is 0 Å². The van der Waals surface area contributed by atoms with Crippen LogP contribution in [0.25, 0.3) is 0 Å². The fraction of sp³-hybridized carbons (Fsp3) is 0.235. The summed E-state index contributed by atoms with van der Waals surface area (Å²) in [6.45, 7) is 4.04. The van der Waals surface area contributed by atoms with Gasteiger partial charge in [-0.1, -0.05) is 12.1 Å². The molecule has 0 bridgehead atoms. The highest BCUT2D eigenvalue weighted by atomic mass is 19.1. The fourth-order valence-corrected chi connectivity index (χ4v) is 2.10. The molecular weight excluding hydrogens is 267 g/mol. The first-order valence-corrected chi connectivity index (χ1v) is 6.68. The van der Waals surface area contributed by atoms with Crippen LogP contribution in [-0.4, -0.2) is 0 Å². The third-order valence-electron chi connectivity index (χ3n) is 3.14. The quantitative estimate of drug-likeness (QED) is 0.933. The molecule has 2 rings (SSSR count). The van der Waals surface area contributed by atoms with Gasteiger partial charge in [-0.15, -0.1) is 0 Å². The molecule has 1 atom stereocenters. The molecule has 2 N–H and O–H groups in total. The Hall–Kier alpha value is -2.38. The molecule has 0 aromatic heterocycles. The lowest BCUT2D eigenvalue weighted by Gasteiger charge is -2.15. The van der Waals surface area contributed by atoms with Crippen molar-refractivity contribution in [2.45, 2.75) is 26.5 Å². The molecule has 0 radical (unpaired) electrons. The lowest BCUT2D eigenvalue weighted by atomic mass is 10.1. The second-order valence-corrected chi connectivity index (χ2v) is 5.08. The van der Waals surface area contributed by atoms with Crippen molar-refractivity contribution in [1.82, 2.24) is 0 Å². The molecule has 0 saturated heterocycles. The van der Waals surface area contributed by atoms with E-state index >= 15 is 0 Å². The van der Waals surface area contributed by atoms with Gasteiger partial charge in [0, 0.05) is 11.6 Å². The van der Waals surface area contributed by atoms with Crippen LogP contribution >= 0.6 is 0 Å². The maximum absolute atomic E-state index is 13.4. The third-order valence-corrected chi connectivity index (χ3v) is 3.14. The summed E-state index contributed by atoms with van der Waals surface area (Å²) in [4.78, 5) is 0. The Balaban J connectivity index is 2.22. The van der Waals surface area contributed by atoms with Gasteiger partial charge in [0.1, 0.15) is 18.2 Å². The number of nitrogens with two attached hydrogens (primary N) is 1. The minimum atomic E-state index is -0.440. The smallest absolute Gasteiger partial charge is 0.124 e. The summed E-state index contributed by atoms with van der Waals surface area (Å²) >= 11 is 0. The van der Waals surface area contributed by atoms with E-state index in [1.54, 1.807) is 6.07 Å². The zero-order valence-electron chi connectivity index (χ0n) is 12.1. The summed E-state index contributed by atoms with van der Waals surface area (Å²) in [5.41, 5.74) is 8.78. The molecule has 0 spiro atoms. The maximum atomic E-state index is 13.4. The number of hydrogen-bond acceptors (Lipinski definition) is 3. The van der Waals surface area contributed by atoms with Crippen LogP contribution in [0.4, 0.5) is 4.39 Å². The molecule has 2 aromatic rings. The Bertz CT molecular complexity index is 690. The van der Waals surface area contributed by atoms with Gasteiger partial charge in [-0.25, -0.2) is 4.39 Å². The number of aryl methyl sites for hydroxylation is 1. The number of nitriles is 1. The molecule has 3 nitrogen and oxygen atoms in total. The van der Waals surface area contributed by atoms with E-state index in [9.17, 15) is 4.39 Å². The van der Waals surface area contributed by atoms with Crippen molar-refractivity contribution < 1.29 is 9.13 Å². The van der Waals surface area contributed by atoms with Crippen LogP contribution in [0.1, 0.15) is 35.2 Å². The van der Waals surface area contributed by atoms with Crippen LogP contribution in [0.5, 0.6) is 5.75 Å². The van der Waals surface area contributed by atoms with Gasteiger partial charge in [-0.3, -0.25) is 0 Å².